The number of fused-ring (bicyclic) bond motifs is 1. The van der Waals surface area contributed by atoms with Crippen LogP contribution < -0.4 is 5.32 Å². The summed E-state index contributed by atoms with van der Waals surface area (Å²) in [5.41, 5.74) is 3.17. The second-order valence-electron chi connectivity index (χ2n) is 5.25. The predicted octanol–water partition coefficient (Wildman–Crippen LogP) is 4.93. The fourth-order valence-corrected chi connectivity index (χ4v) is 2.63. The molecule has 1 N–H and O–H groups in total. The van der Waals surface area contributed by atoms with Crippen molar-refractivity contribution in [3.8, 4) is 11.3 Å². The molecule has 2 heterocycles. The number of aromatic nitrogens is 3. The van der Waals surface area contributed by atoms with Crippen LogP contribution in [0.15, 0.2) is 67.1 Å². The number of nitrogens with zero attached hydrogens (tertiary/aromatic N) is 3. The lowest BCUT2D eigenvalue weighted by Gasteiger charge is -2.09. The Bertz CT molecular complexity index is 994. The summed E-state index contributed by atoms with van der Waals surface area (Å²) in [5.74, 6) is 0.502. The van der Waals surface area contributed by atoms with Crippen LogP contribution in [0.25, 0.3) is 16.9 Å². The van der Waals surface area contributed by atoms with Crippen LogP contribution in [0.2, 0.25) is 5.02 Å². The topological polar surface area (TPSA) is 42.2 Å². The van der Waals surface area contributed by atoms with E-state index in [4.69, 9.17) is 11.6 Å². The quantitative estimate of drug-likeness (QED) is 0.575. The van der Waals surface area contributed by atoms with Crippen LogP contribution >= 0.6 is 11.6 Å². The average molecular weight is 339 g/mol. The highest BCUT2D eigenvalue weighted by Crippen LogP contribution is 2.31. The Balaban J connectivity index is 1.86. The van der Waals surface area contributed by atoms with Crippen LogP contribution in [0, 0.1) is 5.82 Å². The molecule has 0 aliphatic rings. The Labute approximate surface area is 142 Å². The van der Waals surface area contributed by atoms with Crippen molar-refractivity contribution >= 4 is 28.8 Å². The highest BCUT2D eigenvalue weighted by atomic mass is 35.5. The van der Waals surface area contributed by atoms with Crippen molar-refractivity contribution in [3.63, 3.8) is 0 Å². The van der Waals surface area contributed by atoms with E-state index in [9.17, 15) is 4.39 Å². The molecule has 0 aliphatic carbocycles. The van der Waals surface area contributed by atoms with E-state index in [1.54, 1.807) is 24.5 Å². The molecule has 0 aliphatic heterocycles. The Morgan fingerprint density at radius 2 is 1.75 bits per heavy atom. The molecule has 0 bridgehead atoms. The molecule has 0 saturated heterocycles. The van der Waals surface area contributed by atoms with Gasteiger partial charge in [-0.25, -0.2) is 9.37 Å². The Morgan fingerprint density at radius 3 is 2.50 bits per heavy atom. The highest BCUT2D eigenvalue weighted by molar-refractivity contribution is 6.30. The van der Waals surface area contributed by atoms with Gasteiger partial charge in [0.2, 0.25) is 0 Å². The van der Waals surface area contributed by atoms with Crippen LogP contribution in [0.3, 0.4) is 0 Å². The van der Waals surface area contributed by atoms with Gasteiger partial charge in [0.15, 0.2) is 5.65 Å². The second kappa shape index (κ2) is 5.94. The number of rotatable bonds is 3. The first kappa shape index (κ1) is 14.7. The summed E-state index contributed by atoms with van der Waals surface area (Å²) in [5, 5.41) is 3.97. The monoisotopic (exact) mass is 338 g/mol. The number of anilines is 2. The molecule has 0 unspecified atom stereocenters. The predicted molar refractivity (Wildman–Crippen MR) is 93.1 cm³/mol. The average Bonchev–Trinajstić information content (AvgIpc) is 2.96. The van der Waals surface area contributed by atoms with E-state index in [2.05, 4.69) is 15.3 Å². The molecule has 6 heteroatoms. The number of halogens is 2. The molecule has 2 aromatic carbocycles. The molecule has 0 saturated carbocycles. The maximum Gasteiger partial charge on any atom is 0.157 e. The van der Waals surface area contributed by atoms with Gasteiger partial charge < -0.3 is 5.32 Å². The number of nitrogens with one attached hydrogen (secondary N) is 1. The zero-order valence-corrected chi connectivity index (χ0v) is 13.2. The third-order valence-electron chi connectivity index (χ3n) is 3.65. The second-order valence-corrected chi connectivity index (χ2v) is 5.69. The van der Waals surface area contributed by atoms with Gasteiger partial charge in [-0.2, -0.15) is 0 Å². The summed E-state index contributed by atoms with van der Waals surface area (Å²) < 4.78 is 15.0. The molecular formula is C18H12ClFN4. The van der Waals surface area contributed by atoms with Gasteiger partial charge in [0.05, 0.1) is 6.20 Å². The normalized spacial score (nSPS) is 10.9. The van der Waals surface area contributed by atoms with E-state index in [1.165, 1.54) is 12.1 Å². The molecule has 24 heavy (non-hydrogen) atoms. The Kier molecular flexibility index (Phi) is 3.63. The van der Waals surface area contributed by atoms with Gasteiger partial charge in [0.25, 0.3) is 0 Å². The first-order valence-corrected chi connectivity index (χ1v) is 7.69. The smallest absolute Gasteiger partial charge is 0.157 e. The van der Waals surface area contributed by atoms with E-state index < -0.39 is 0 Å². The molecule has 4 aromatic rings. The largest absolute Gasteiger partial charge is 0.339 e. The first-order valence-electron chi connectivity index (χ1n) is 7.31. The van der Waals surface area contributed by atoms with Crippen molar-refractivity contribution in [1.82, 2.24) is 14.4 Å². The summed E-state index contributed by atoms with van der Waals surface area (Å²) in [7, 11) is 0. The number of hydrogen-bond donors (Lipinski definition) is 1. The van der Waals surface area contributed by atoms with Gasteiger partial charge in [0, 0.05) is 28.7 Å². The lowest BCUT2D eigenvalue weighted by molar-refractivity contribution is 0.628. The fourth-order valence-electron chi connectivity index (χ4n) is 2.51. The highest BCUT2D eigenvalue weighted by Gasteiger charge is 2.14. The van der Waals surface area contributed by atoms with Gasteiger partial charge >= 0.3 is 0 Å². The number of imidazole rings is 1. The number of benzene rings is 2. The SMILES string of the molecule is Fc1ccc(Nc2c(-c3ccc(Cl)cc3)nc3cnccn23)cc1. The van der Waals surface area contributed by atoms with Crippen molar-refractivity contribution in [3.05, 3.63) is 78.0 Å². The third kappa shape index (κ3) is 2.70. The van der Waals surface area contributed by atoms with Crippen molar-refractivity contribution < 1.29 is 4.39 Å². The van der Waals surface area contributed by atoms with Crippen LogP contribution in [0.4, 0.5) is 15.9 Å². The maximum absolute atomic E-state index is 13.1. The molecule has 118 valence electrons. The first-order chi connectivity index (χ1) is 11.7. The van der Waals surface area contributed by atoms with Crippen molar-refractivity contribution in [2.45, 2.75) is 0 Å². The molecule has 0 radical (unpaired) electrons. The Hall–Kier alpha value is -2.92. The minimum Gasteiger partial charge on any atom is -0.339 e. The van der Waals surface area contributed by atoms with E-state index >= 15 is 0 Å². The van der Waals surface area contributed by atoms with Gasteiger partial charge in [0.1, 0.15) is 17.3 Å². The third-order valence-corrected chi connectivity index (χ3v) is 3.91. The lowest BCUT2D eigenvalue weighted by atomic mass is 10.1. The molecule has 0 fully saturated rings. The molecule has 0 atom stereocenters. The molecular weight excluding hydrogens is 327 g/mol. The standard InChI is InChI=1S/C18H12ClFN4/c19-13-3-1-12(2-4-13)17-18(22-15-7-5-14(20)6-8-15)24-10-9-21-11-16(24)23-17/h1-11,22H. The molecule has 2 aromatic heterocycles. The summed E-state index contributed by atoms with van der Waals surface area (Å²) in [6.07, 6.45) is 5.21. The summed E-state index contributed by atoms with van der Waals surface area (Å²) in [6, 6.07) is 13.6. The van der Waals surface area contributed by atoms with Gasteiger partial charge in [-0.1, -0.05) is 23.7 Å². The van der Waals surface area contributed by atoms with E-state index in [1.807, 2.05) is 34.9 Å². The van der Waals surface area contributed by atoms with Crippen LogP contribution in [0.5, 0.6) is 0 Å². The molecule has 4 rings (SSSR count). The van der Waals surface area contributed by atoms with Crippen molar-refractivity contribution in [1.29, 1.82) is 0 Å². The van der Waals surface area contributed by atoms with Crippen LogP contribution in [-0.2, 0) is 0 Å². The fraction of sp³-hybridized carbons (Fsp3) is 0. The summed E-state index contributed by atoms with van der Waals surface area (Å²) in [6.45, 7) is 0. The Morgan fingerprint density at radius 1 is 1.00 bits per heavy atom. The minimum absolute atomic E-state index is 0.277. The van der Waals surface area contributed by atoms with Gasteiger partial charge in [-0.05, 0) is 36.4 Å². The van der Waals surface area contributed by atoms with Crippen LogP contribution in [-0.4, -0.2) is 14.4 Å². The molecule has 4 nitrogen and oxygen atoms in total. The lowest BCUT2D eigenvalue weighted by Crippen LogP contribution is -1.97. The van der Waals surface area contributed by atoms with E-state index in [0.717, 1.165) is 22.8 Å². The summed E-state index contributed by atoms with van der Waals surface area (Å²) in [4.78, 5) is 8.76. The van der Waals surface area contributed by atoms with Crippen molar-refractivity contribution in [2.24, 2.45) is 0 Å². The summed E-state index contributed by atoms with van der Waals surface area (Å²) >= 11 is 5.98. The maximum atomic E-state index is 13.1. The van der Waals surface area contributed by atoms with Gasteiger partial charge in [-0.3, -0.25) is 9.38 Å². The zero-order chi connectivity index (χ0) is 16.5. The number of hydrogen-bond acceptors (Lipinski definition) is 3. The molecule has 0 amide bonds. The van der Waals surface area contributed by atoms with E-state index in [-0.39, 0.29) is 5.82 Å². The zero-order valence-electron chi connectivity index (χ0n) is 12.4. The van der Waals surface area contributed by atoms with Crippen LogP contribution in [0.1, 0.15) is 0 Å². The molecule has 0 spiro atoms. The minimum atomic E-state index is -0.277. The van der Waals surface area contributed by atoms with Crippen molar-refractivity contribution in [2.75, 3.05) is 5.32 Å². The van der Waals surface area contributed by atoms with E-state index in [0.29, 0.717) is 10.7 Å². The van der Waals surface area contributed by atoms with Gasteiger partial charge in [-0.15, -0.1) is 0 Å².